The van der Waals surface area contributed by atoms with Crippen LogP contribution in [-0.4, -0.2) is 59.0 Å². The van der Waals surface area contributed by atoms with E-state index in [1.165, 1.54) is 0 Å². The predicted octanol–water partition coefficient (Wildman–Crippen LogP) is 5.08. The minimum atomic E-state index is -0.142. The summed E-state index contributed by atoms with van der Waals surface area (Å²) in [6.45, 7) is 3.67. The number of aryl methyl sites for hydroxylation is 1. The number of amides is 2. The number of carbonyl (C=O) groups excluding carboxylic acids is 1. The number of aromatic nitrogens is 3. The third kappa shape index (κ3) is 6.62. The highest BCUT2D eigenvalue weighted by Gasteiger charge is 2.45. The van der Waals surface area contributed by atoms with Gasteiger partial charge in [0.05, 0.1) is 19.4 Å². The van der Waals surface area contributed by atoms with Gasteiger partial charge in [-0.1, -0.05) is 42.5 Å². The van der Waals surface area contributed by atoms with Crippen molar-refractivity contribution in [1.29, 1.82) is 5.26 Å². The fourth-order valence-corrected chi connectivity index (χ4v) is 7.06. The van der Waals surface area contributed by atoms with Gasteiger partial charge >= 0.3 is 6.03 Å². The first-order valence-electron chi connectivity index (χ1n) is 16.6. The van der Waals surface area contributed by atoms with Crippen LogP contribution in [0.25, 0.3) is 11.1 Å². The van der Waals surface area contributed by atoms with Crippen LogP contribution in [0.2, 0.25) is 0 Å². The van der Waals surface area contributed by atoms with E-state index in [2.05, 4.69) is 26.6 Å². The number of rotatable bonds is 8. The molecule has 11 heteroatoms. The largest absolute Gasteiger partial charge is 0.380 e. The van der Waals surface area contributed by atoms with Crippen molar-refractivity contribution in [2.24, 2.45) is 12.5 Å². The number of hydrogen-bond donors (Lipinski definition) is 2. The van der Waals surface area contributed by atoms with Crippen molar-refractivity contribution in [2.75, 3.05) is 41.4 Å². The fraction of sp³-hybridized carbons (Fsp3) is 0.378. The van der Waals surface area contributed by atoms with Gasteiger partial charge in [0, 0.05) is 62.1 Å². The maximum Gasteiger partial charge on any atom is 0.322 e. The summed E-state index contributed by atoms with van der Waals surface area (Å²) in [5, 5.41) is 16.4. The van der Waals surface area contributed by atoms with Crippen LogP contribution in [0.3, 0.4) is 0 Å². The molecule has 2 aliphatic heterocycles. The summed E-state index contributed by atoms with van der Waals surface area (Å²) < 4.78 is 7.03. The number of nitrogens with zero attached hydrogens (tertiary/aromatic N) is 6. The molecule has 7 rings (SSSR count). The molecule has 4 heterocycles. The van der Waals surface area contributed by atoms with E-state index in [1.54, 1.807) is 30.1 Å². The van der Waals surface area contributed by atoms with Gasteiger partial charge in [0.25, 0.3) is 5.56 Å². The molecule has 11 nitrogen and oxygen atoms in total. The molecular formula is C37H40N8O3. The minimum Gasteiger partial charge on any atom is -0.380 e. The molecule has 2 aromatic heterocycles. The van der Waals surface area contributed by atoms with Gasteiger partial charge in [-0.05, 0) is 67.0 Å². The van der Waals surface area contributed by atoms with Crippen LogP contribution in [0.4, 0.5) is 22.2 Å². The van der Waals surface area contributed by atoms with Crippen LogP contribution < -0.4 is 26.0 Å². The zero-order valence-corrected chi connectivity index (χ0v) is 27.1. The van der Waals surface area contributed by atoms with E-state index in [4.69, 9.17) is 9.72 Å². The Morgan fingerprint density at radius 2 is 1.83 bits per heavy atom. The summed E-state index contributed by atoms with van der Waals surface area (Å²) in [7, 11) is 1.73. The highest BCUT2D eigenvalue weighted by atomic mass is 16.5. The number of carbonyl (C=O) groups is 1. The highest BCUT2D eigenvalue weighted by molar-refractivity contribution is 5.93. The zero-order chi connectivity index (χ0) is 33.1. The SMILES string of the molecule is Cn1ccc(-c2ccc(N(C(=O)NCc3ccccc3)[C@H]3CC[C@H](Nc4ncc(C#N)c(N5CCC6(COC6)C5)n4)CC3)cc2)cc1=O. The maximum atomic E-state index is 13.8. The number of benzene rings is 2. The van der Waals surface area contributed by atoms with Crippen molar-refractivity contribution >= 4 is 23.5 Å². The molecule has 246 valence electrons. The number of urea groups is 1. The number of anilines is 3. The molecule has 3 fully saturated rings. The van der Waals surface area contributed by atoms with Crippen molar-refractivity contribution < 1.29 is 9.53 Å². The lowest BCUT2D eigenvalue weighted by Gasteiger charge is -2.38. The summed E-state index contributed by atoms with van der Waals surface area (Å²) in [5.41, 5.74) is 4.20. The molecule has 48 heavy (non-hydrogen) atoms. The van der Waals surface area contributed by atoms with Crippen molar-refractivity contribution in [3.05, 3.63) is 101 Å². The molecule has 2 amide bonds. The van der Waals surface area contributed by atoms with Gasteiger partial charge < -0.3 is 24.8 Å². The Bertz CT molecular complexity index is 1860. The van der Waals surface area contributed by atoms with Crippen LogP contribution in [-0.2, 0) is 18.3 Å². The van der Waals surface area contributed by atoms with Crippen LogP contribution >= 0.6 is 0 Å². The van der Waals surface area contributed by atoms with Crippen LogP contribution in [0.5, 0.6) is 0 Å². The Labute approximate surface area is 280 Å². The van der Waals surface area contributed by atoms with Crippen LogP contribution in [0.1, 0.15) is 43.2 Å². The first-order valence-corrected chi connectivity index (χ1v) is 16.6. The normalized spacial score (nSPS) is 19.7. The molecular weight excluding hydrogens is 604 g/mol. The molecule has 2 saturated heterocycles. The number of nitrogens with one attached hydrogen (secondary N) is 2. The van der Waals surface area contributed by atoms with E-state index in [1.807, 2.05) is 65.6 Å². The van der Waals surface area contributed by atoms with Crippen molar-refractivity contribution in [1.82, 2.24) is 19.9 Å². The lowest BCUT2D eigenvalue weighted by Crippen LogP contribution is -2.48. The van der Waals surface area contributed by atoms with E-state index < -0.39 is 0 Å². The lowest BCUT2D eigenvalue weighted by atomic mass is 9.85. The molecule has 0 unspecified atom stereocenters. The van der Waals surface area contributed by atoms with E-state index >= 15 is 0 Å². The number of hydrogen-bond acceptors (Lipinski definition) is 8. The third-order valence-corrected chi connectivity index (χ3v) is 9.93. The van der Waals surface area contributed by atoms with Gasteiger partial charge in [0.15, 0.2) is 5.82 Å². The third-order valence-electron chi connectivity index (χ3n) is 9.93. The number of pyridine rings is 1. The van der Waals surface area contributed by atoms with Gasteiger partial charge in [0.1, 0.15) is 11.6 Å². The highest BCUT2D eigenvalue weighted by Crippen LogP contribution is 2.40. The molecule has 2 aromatic carbocycles. The molecule has 3 aliphatic rings. The number of nitriles is 1. The molecule has 0 atom stereocenters. The zero-order valence-electron chi connectivity index (χ0n) is 27.1. The average molecular weight is 645 g/mol. The van der Waals surface area contributed by atoms with E-state index in [0.29, 0.717) is 23.9 Å². The predicted molar refractivity (Wildman–Crippen MR) is 185 cm³/mol. The van der Waals surface area contributed by atoms with E-state index in [-0.39, 0.29) is 29.1 Å². The summed E-state index contributed by atoms with van der Waals surface area (Å²) in [5.74, 6) is 1.22. The summed E-state index contributed by atoms with van der Waals surface area (Å²) in [6, 6.07) is 23.6. The molecule has 1 spiro atoms. The van der Waals surface area contributed by atoms with Gasteiger partial charge in [-0.3, -0.25) is 9.69 Å². The lowest BCUT2D eigenvalue weighted by molar-refractivity contribution is -0.0985. The van der Waals surface area contributed by atoms with Crippen LogP contribution in [0, 0.1) is 16.7 Å². The van der Waals surface area contributed by atoms with Gasteiger partial charge in [-0.25, -0.2) is 9.78 Å². The van der Waals surface area contributed by atoms with Gasteiger partial charge in [-0.2, -0.15) is 10.2 Å². The molecule has 2 N–H and O–H groups in total. The standard InChI is InChI=1S/C37H40N8O3/c1-43-17-15-28(19-33(43)46)27-7-11-31(12-8-27)45(36(47)40-21-26-5-3-2-4-6-26)32-13-9-30(10-14-32)41-35-39-22-29(20-38)34(42-35)44-18-16-37(23-44)24-48-25-37/h2-8,11-12,15,17,19,22,30,32H,9-10,13-14,16,18,21,23-25H2,1H3,(H,40,47)(H,39,41,42)/t30-,32-. The quantitative estimate of drug-likeness (QED) is 0.272. The molecule has 1 aliphatic carbocycles. The molecule has 4 aromatic rings. The fourth-order valence-electron chi connectivity index (χ4n) is 7.06. The topological polar surface area (TPSA) is 128 Å². The summed E-state index contributed by atoms with van der Waals surface area (Å²) >= 11 is 0. The maximum absolute atomic E-state index is 13.8. The Balaban J connectivity index is 1.05. The molecule has 0 bridgehead atoms. The Kier molecular flexibility index (Phi) is 8.82. The molecule has 1 saturated carbocycles. The van der Waals surface area contributed by atoms with Crippen molar-refractivity contribution in [3.63, 3.8) is 0 Å². The monoisotopic (exact) mass is 644 g/mol. The first-order chi connectivity index (χ1) is 23.4. The van der Waals surface area contributed by atoms with Gasteiger partial charge in [0.2, 0.25) is 5.95 Å². The smallest absolute Gasteiger partial charge is 0.322 e. The Morgan fingerprint density at radius 1 is 1.06 bits per heavy atom. The van der Waals surface area contributed by atoms with Crippen molar-refractivity contribution in [3.8, 4) is 17.2 Å². The average Bonchev–Trinajstić information content (AvgIpc) is 3.57. The Hall–Kier alpha value is -5.21. The van der Waals surface area contributed by atoms with Gasteiger partial charge in [-0.15, -0.1) is 0 Å². The second-order valence-corrected chi connectivity index (χ2v) is 13.3. The summed E-state index contributed by atoms with van der Waals surface area (Å²) in [4.78, 5) is 39.4. The second-order valence-electron chi connectivity index (χ2n) is 13.3. The summed E-state index contributed by atoms with van der Waals surface area (Å²) in [6.07, 6.45) is 7.68. The van der Waals surface area contributed by atoms with Crippen LogP contribution in [0.15, 0.2) is 83.9 Å². The van der Waals surface area contributed by atoms with E-state index in [0.717, 1.165) is 80.8 Å². The Morgan fingerprint density at radius 3 is 2.50 bits per heavy atom. The van der Waals surface area contributed by atoms with Crippen molar-refractivity contribution in [2.45, 2.75) is 50.7 Å². The molecule has 0 radical (unpaired) electrons. The minimum absolute atomic E-state index is 0.00313. The first kappa shape index (κ1) is 31.4. The second kappa shape index (κ2) is 13.5. The number of ether oxygens (including phenoxy) is 1. The van der Waals surface area contributed by atoms with E-state index in [9.17, 15) is 14.9 Å².